The van der Waals surface area contributed by atoms with Crippen molar-refractivity contribution in [2.75, 3.05) is 44.3 Å². The highest BCUT2D eigenvalue weighted by atomic mass is 16.5. The molecule has 0 saturated carbocycles. The molecule has 3 aromatic carbocycles. The number of morpholine rings is 1. The normalized spacial score (nSPS) is 20.5. The third-order valence-electron chi connectivity index (χ3n) is 9.12. The maximum absolute atomic E-state index is 12.9. The van der Waals surface area contributed by atoms with Gasteiger partial charge in [0.25, 0.3) is 0 Å². The van der Waals surface area contributed by atoms with Crippen LogP contribution in [0.5, 0.6) is 0 Å². The second-order valence-electron chi connectivity index (χ2n) is 11.5. The lowest BCUT2D eigenvalue weighted by Crippen LogP contribution is -2.38. The molecule has 0 bridgehead atoms. The fraction of sp³-hybridized carbons (Fsp3) is 0.343. The molecule has 0 amide bonds. The van der Waals surface area contributed by atoms with Crippen molar-refractivity contribution in [3.8, 4) is 0 Å². The van der Waals surface area contributed by atoms with Gasteiger partial charge in [0.1, 0.15) is 5.82 Å². The first-order chi connectivity index (χ1) is 20.7. The van der Waals surface area contributed by atoms with Crippen molar-refractivity contribution in [3.05, 3.63) is 108 Å². The summed E-state index contributed by atoms with van der Waals surface area (Å²) in [4.78, 5) is 24.6. The first kappa shape index (κ1) is 26.7. The van der Waals surface area contributed by atoms with E-state index in [4.69, 9.17) is 4.74 Å². The van der Waals surface area contributed by atoms with Crippen LogP contribution in [0.3, 0.4) is 0 Å². The zero-order valence-electron chi connectivity index (χ0n) is 24.2. The monoisotopic (exact) mass is 559 g/mol. The number of nitrogens with zero attached hydrogens (tertiary/aromatic N) is 5. The average Bonchev–Trinajstić information content (AvgIpc) is 3.64. The molecule has 0 N–H and O–H groups in total. The number of aromatic nitrogens is 2. The number of rotatable bonds is 6. The number of anilines is 1. The van der Waals surface area contributed by atoms with E-state index < -0.39 is 0 Å². The number of imidazole rings is 1. The van der Waals surface area contributed by atoms with Gasteiger partial charge in [-0.05, 0) is 41.7 Å². The Labute approximate surface area is 247 Å². The van der Waals surface area contributed by atoms with Gasteiger partial charge in [0.05, 0.1) is 37.5 Å². The molecule has 2 saturated heterocycles. The van der Waals surface area contributed by atoms with Gasteiger partial charge in [-0.25, -0.2) is 9.78 Å². The molecule has 4 heterocycles. The Bertz CT molecular complexity index is 1630. The maximum atomic E-state index is 12.9. The predicted molar refractivity (Wildman–Crippen MR) is 167 cm³/mol. The van der Waals surface area contributed by atoms with Crippen LogP contribution in [-0.2, 0) is 16.1 Å². The number of fused-ring (bicyclic) bond motifs is 1. The topological polar surface area (TPSA) is 53.8 Å². The number of likely N-dealkylation sites (tertiary alicyclic amines) is 1. The molecular formula is C35H37N5O2. The van der Waals surface area contributed by atoms with Crippen LogP contribution in [0.2, 0.25) is 0 Å². The van der Waals surface area contributed by atoms with Crippen LogP contribution < -0.4 is 4.90 Å². The molecule has 1 aromatic heterocycles. The zero-order chi connectivity index (χ0) is 28.5. The van der Waals surface area contributed by atoms with E-state index in [0.29, 0.717) is 25.0 Å². The molecule has 4 aromatic rings. The zero-order valence-corrected chi connectivity index (χ0v) is 24.2. The van der Waals surface area contributed by atoms with Crippen molar-refractivity contribution in [2.24, 2.45) is 0 Å². The van der Waals surface area contributed by atoms with E-state index in [-0.39, 0.29) is 6.04 Å². The molecule has 3 aliphatic rings. The van der Waals surface area contributed by atoms with E-state index in [1.165, 1.54) is 16.3 Å². The van der Waals surface area contributed by atoms with Crippen LogP contribution in [0.4, 0.5) is 5.82 Å². The summed E-state index contributed by atoms with van der Waals surface area (Å²) in [5.74, 6) is 3.36. The predicted octanol–water partition coefficient (Wildman–Crippen LogP) is 5.54. The minimum Gasteiger partial charge on any atom is -0.378 e. The number of hydrogen-bond acceptors (Lipinski definition) is 6. The second-order valence-corrected chi connectivity index (χ2v) is 11.5. The van der Waals surface area contributed by atoms with Gasteiger partial charge < -0.3 is 19.1 Å². The van der Waals surface area contributed by atoms with Gasteiger partial charge in [0.15, 0.2) is 11.6 Å². The molecule has 0 radical (unpaired) electrons. The fourth-order valence-electron chi connectivity index (χ4n) is 7.06. The molecule has 1 unspecified atom stereocenters. The summed E-state index contributed by atoms with van der Waals surface area (Å²) in [6, 6.07) is 25.9. The smallest absolute Gasteiger partial charge is 0.153 e. The Morgan fingerprint density at radius 3 is 2.43 bits per heavy atom. The van der Waals surface area contributed by atoms with E-state index in [2.05, 4.69) is 110 Å². The Kier molecular flexibility index (Phi) is 7.39. The summed E-state index contributed by atoms with van der Waals surface area (Å²) >= 11 is 0. The van der Waals surface area contributed by atoms with Crippen LogP contribution in [-0.4, -0.2) is 70.7 Å². The van der Waals surface area contributed by atoms with Gasteiger partial charge in [-0.15, -0.1) is 0 Å². The maximum Gasteiger partial charge on any atom is 0.153 e. The summed E-state index contributed by atoms with van der Waals surface area (Å²) in [5, 5.41) is 2.39. The van der Waals surface area contributed by atoms with Crippen molar-refractivity contribution >= 4 is 28.1 Å². The molecule has 7 nitrogen and oxygen atoms in total. The Morgan fingerprint density at radius 2 is 1.64 bits per heavy atom. The van der Waals surface area contributed by atoms with Gasteiger partial charge in [0, 0.05) is 44.3 Å². The van der Waals surface area contributed by atoms with E-state index in [0.717, 1.165) is 68.2 Å². The van der Waals surface area contributed by atoms with Crippen LogP contribution in [0.25, 0.3) is 16.3 Å². The van der Waals surface area contributed by atoms with Crippen molar-refractivity contribution in [2.45, 2.75) is 38.4 Å². The number of benzene rings is 3. The third kappa shape index (κ3) is 4.84. The van der Waals surface area contributed by atoms with Gasteiger partial charge in [-0.2, -0.15) is 0 Å². The number of piperidine rings is 1. The van der Waals surface area contributed by atoms with Crippen LogP contribution >= 0.6 is 0 Å². The largest absolute Gasteiger partial charge is 0.378 e. The average molecular weight is 560 g/mol. The molecule has 3 aliphatic heterocycles. The minimum atomic E-state index is -0.0706. The van der Waals surface area contributed by atoms with Gasteiger partial charge >= 0.3 is 0 Å². The van der Waals surface area contributed by atoms with Crippen molar-refractivity contribution in [1.82, 2.24) is 19.4 Å². The molecule has 214 valence electrons. The van der Waals surface area contributed by atoms with Crippen molar-refractivity contribution in [3.63, 3.8) is 0 Å². The first-order valence-electron chi connectivity index (χ1n) is 15.1. The first-order valence-corrected chi connectivity index (χ1v) is 15.1. The highest BCUT2D eigenvalue weighted by Gasteiger charge is 2.41. The lowest BCUT2D eigenvalue weighted by Gasteiger charge is -2.35. The Morgan fingerprint density at radius 1 is 0.905 bits per heavy atom. The number of carbonyl (C=O) groups excluding carboxylic acids is 1. The van der Waals surface area contributed by atoms with E-state index in [1.807, 2.05) is 12.5 Å². The molecule has 1 atom stereocenters. The quantitative estimate of drug-likeness (QED) is 0.289. The number of hydrogen-bond donors (Lipinski definition) is 0. The van der Waals surface area contributed by atoms with E-state index in [1.54, 1.807) is 0 Å². The Hall–Kier alpha value is -4.16. The summed E-state index contributed by atoms with van der Waals surface area (Å²) in [6.45, 7) is 8.03. The SMILES string of the molecule is CC1C(c2cccc3ccccc23)=C(N2CCOCC2)C(=C=O)N1c1cncn1C1CCN(Cc2ccccc2)CC1. The van der Waals surface area contributed by atoms with Crippen LogP contribution in [0, 0.1) is 0 Å². The molecule has 0 aliphatic carbocycles. The molecule has 7 heteroatoms. The molecule has 42 heavy (non-hydrogen) atoms. The molecule has 7 rings (SSSR count). The Balaban J connectivity index is 1.23. The van der Waals surface area contributed by atoms with Crippen molar-refractivity contribution < 1.29 is 9.53 Å². The highest BCUT2D eigenvalue weighted by molar-refractivity contribution is 6.00. The van der Waals surface area contributed by atoms with Gasteiger partial charge in [-0.3, -0.25) is 4.90 Å². The minimum absolute atomic E-state index is 0.0706. The van der Waals surface area contributed by atoms with E-state index in [9.17, 15) is 4.79 Å². The number of ether oxygens (including phenoxy) is 1. The summed E-state index contributed by atoms with van der Waals surface area (Å²) < 4.78 is 8.01. The lowest BCUT2D eigenvalue weighted by atomic mass is 9.93. The third-order valence-corrected chi connectivity index (χ3v) is 9.12. The summed E-state index contributed by atoms with van der Waals surface area (Å²) in [6.07, 6.45) is 5.95. The van der Waals surface area contributed by atoms with Crippen molar-refractivity contribution in [1.29, 1.82) is 0 Å². The van der Waals surface area contributed by atoms with Gasteiger partial charge in [-0.1, -0.05) is 72.8 Å². The van der Waals surface area contributed by atoms with Gasteiger partial charge in [0.2, 0.25) is 0 Å². The molecule has 2 fully saturated rings. The summed E-state index contributed by atoms with van der Waals surface area (Å²) in [5.41, 5.74) is 5.25. The second kappa shape index (κ2) is 11.6. The summed E-state index contributed by atoms with van der Waals surface area (Å²) in [7, 11) is 0. The fourth-order valence-corrected chi connectivity index (χ4v) is 7.06. The molecule has 0 spiro atoms. The lowest BCUT2D eigenvalue weighted by molar-refractivity contribution is 0.0553. The highest BCUT2D eigenvalue weighted by Crippen LogP contribution is 2.45. The molecular weight excluding hydrogens is 522 g/mol. The van der Waals surface area contributed by atoms with E-state index >= 15 is 0 Å². The standard InChI is InChI=1S/C35H37N5O2/c1-26-34(31-13-7-11-28-10-5-6-12-30(28)31)35(38-18-20-42-21-19-38)32(24-41)40(26)33-22-36-25-39(33)29-14-16-37(17-15-29)23-27-8-3-2-4-9-27/h2-13,22,25-26,29H,14-21,23H2,1H3. The van der Waals surface area contributed by atoms with Crippen LogP contribution in [0.15, 0.2) is 96.7 Å². The van der Waals surface area contributed by atoms with Crippen LogP contribution in [0.1, 0.15) is 36.9 Å².